The zero-order valence-electron chi connectivity index (χ0n) is 11.0. The van der Waals surface area contributed by atoms with Gasteiger partial charge in [0.1, 0.15) is 11.6 Å². The quantitative estimate of drug-likeness (QED) is 0.500. The molecule has 0 unspecified atom stereocenters. The first kappa shape index (κ1) is 14.8. The number of ether oxygens (including phenoxy) is 1. The van der Waals surface area contributed by atoms with Crippen LogP contribution in [0.25, 0.3) is 0 Å². The molecule has 5 heteroatoms. The van der Waals surface area contributed by atoms with Gasteiger partial charge in [0.15, 0.2) is 5.78 Å². The molecule has 104 valence electrons. The van der Waals surface area contributed by atoms with E-state index in [0.29, 0.717) is 22.6 Å². The van der Waals surface area contributed by atoms with E-state index in [0.717, 1.165) is 3.57 Å². The summed E-state index contributed by atoms with van der Waals surface area (Å²) < 4.78 is 20.2. The van der Waals surface area contributed by atoms with Crippen LogP contribution < -0.4 is 10.5 Å². The lowest BCUT2D eigenvalue weighted by Gasteiger charge is -2.10. The number of nitrogen functional groups attached to an aromatic ring is 1. The maximum absolute atomic E-state index is 14.1. The normalized spacial score (nSPS) is 10.4. The molecule has 0 amide bonds. The zero-order valence-corrected chi connectivity index (χ0v) is 13.2. The van der Waals surface area contributed by atoms with E-state index in [4.69, 9.17) is 10.5 Å². The molecular formula is C15H13FINO2. The van der Waals surface area contributed by atoms with Crippen molar-refractivity contribution < 1.29 is 13.9 Å². The first-order chi connectivity index (χ1) is 9.43. The number of halogens is 2. The minimum Gasteiger partial charge on any atom is -0.496 e. The van der Waals surface area contributed by atoms with E-state index < -0.39 is 11.6 Å². The topological polar surface area (TPSA) is 52.3 Å². The highest BCUT2D eigenvalue weighted by Crippen LogP contribution is 2.26. The minimum atomic E-state index is -0.551. The van der Waals surface area contributed by atoms with Gasteiger partial charge in [0.05, 0.1) is 18.2 Å². The molecule has 0 saturated carbocycles. The summed E-state index contributed by atoms with van der Waals surface area (Å²) in [6, 6.07) is 8.02. The Balaban J connectivity index is 2.60. The van der Waals surface area contributed by atoms with Gasteiger partial charge in [0, 0.05) is 9.26 Å². The number of anilines is 1. The number of hydrogen-bond donors (Lipinski definition) is 1. The van der Waals surface area contributed by atoms with Crippen molar-refractivity contribution >= 4 is 34.1 Å². The van der Waals surface area contributed by atoms with Gasteiger partial charge in [0.25, 0.3) is 0 Å². The molecule has 0 saturated heterocycles. The highest BCUT2D eigenvalue weighted by atomic mass is 127. The summed E-state index contributed by atoms with van der Waals surface area (Å²) in [5, 5.41) is 0. The van der Waals surface area contributed by atoms with Crippen LogP contribution in [0.15, 0.2) is 30.3 Å². The first-order valence-electron chi connectivity index (χ1n) is 5.88. The van der Waals surface area contributed by atoms with Gasteiger partial charge in [-0.15, -0.1) is 0 Å². The molecular weight excluding hydrogens is 372 g/mol. The Hall–Kier alpha value is -1.63. The number of ketones is 1. The average molecular weight is 385 g/mol. The van der Waals surface area contributed by atoms with Gasteiger partial charge in [0.2, 0.25) is 0 Å². The van der Waals surface area contributed by atoms with Crippen LogP contribution in [0, 0.1) is 16.3 Å². The van der Waals surface area contributed by atoms with E-state index in [1.54, 1.807) is 19.1 Å². The highest BCUT2D eigenvalue weighted by molar-refractivity contribution is 14.1. The second-order valence-corrected chi connectivity index (χ2v) is 5.62. The molecule has 2 N–H and O–H groups in total. The van der Waals surface area contributed by atoms with Gasteiger partial charge in [-0.1, -0.05) is 0 Å². The van der Waals surface area contributed by atoms with Crippen LogP contribution >= 0.6 is 22.6 Å². The standard InChI is InChI=1S/C15H13FINO2/c1-8-5-10(18)7-12(14(8)16)15(19)11-6-9(17)3-4-13(11)20-2/h3-7H,18H2,1-2H3. The Kier molecular flexibility index (Phi) is 4.27. The zero-order chi connectivity index (χ0) is 14.9. The molecule has 0 radical (unpaired) electrons. The molecule has 0 heterocycles. The summed E-state index contributed by atoms with van der Waals surface area (Å²) in [6.45, 7) is 1.58. The third-order valence-corrected chi connectivity index (χ3v) is 3.60. The molecule has 0 aliphatic rings. The SMILES string of the molecule is COc1ccc(I)cc1C(=O)c1cc(N)cc(C)c1F. The summed E-state index contributed by atoms with van der Waals surface area (Å²) in [5.41, 5.74) is 6.68. The number of rotatable bonds is 3. The van der Waals surface area contributed by atoms with Crippen LogP contribution in [-0.4, -0.2) is 12.9 Å². The number of benzene rings is 2. The smallest absolute Gasteiger partial charge is 0.199 e. The van der Waals surface area contributed by atoms with Gasteiger partial charge < -0.3 is 10.5 Å². The molecule has 0 aromatic heterocycles. The monoisotopic (exact) mass is 385 g/mol. The second-order valence-electron chi connectivity index (χ2n) is 4.37. The van der Waals surface area contributed by atoms with E-state index >= 15 is 0 Å². The number of hydrogen-bond acceptors (Lipinski definition) is 3. The van der Waals surface area contributed by atoms with E-state index in [1.165, 1.54) is 19.2 Å². The summed E-state index contributed by atoms with van der Waals surface area (Å²) >= 11 is 2.09. The Morgan fingerprint density at radius 2 is 1.95 bits per heavy atom. The molecule has 0 aliphatic heterocycles. The molecule has 2 aromatic carbocycles. The van der Waals surface area contributed by atoms with Crippen molar-refractivity contribution in [3.8, 4) is 5.75 Å². The van der Waals surface area contributed by atoms with Gasteiger partial charge >= 0.3 is 0 Å². The van der Waals surface area contributed by atoms with Crippen LogP contribution in [0.3, 0.4) is 0 Å². The molecule has 0 fully saturated rings. The summed E-state index contributed by atoms with van der Waals surface area (Å²) in [7, 11) is 1.47. The molecule has 3 nitrogen and oxygen atoms in total. The largest absolute Gasteiger partial charge is 0.496 e. The summed E-state index contributed by atoms with van der Waals surface area (Å²) in [4.78, 5) is 12.5. The van der Waals surface area contributed by atoms with E-state index in [1.807, 2.05) is 6.07 Å². The lowest BCUT2D eigenvalue weighted by atomic mass is 9.99. The van der Waals surface area contributed by atoms with Gasteiger partial charge in [-0.3, -0.25) is 4.79 Å². The fourth-order valence-electron chi connectivity index (χ4n) is 1.97. The van der Waals surface area contributed by atoms with E-state index in [-0.39, 0.29) is 5.56 Å². The maximum atomic E-state index is 14.1. The van der Waals surface area contributed by atoms with Crippen LogP contribution in [0.1, 0.15) is 21.5 Å². The predicted molar refractivity (Wildman–Crippen MR) is 84.7 cm³/mol. The molecule has 2 aromatic rings. The van der Waals surface area contributed by atoms with Gasteiger partial charge in [-0.05, 0) is 65.4 Å². The second kappa shape index (κ2) is 5.78. The number of nitrogens with two attached hydrogens (primary N) is 1. The Morgan fingerprint density at radius 3 is 2.60 bits per heavy atom. The van der Waals surface area contributed by atoms with Crippen molar-refractivity contribution in [3.05, 3.63) is 56.4 Å². The third-order valence-electron chi connectivity index (χ3n) is 2.93. The summed E-state index contributed by atoms with van der Waals surface area (Å²) in [6.07, 6.45) is 0. The number of carbonyl (C=O) groups excluding carboxylic acids is 1. The molecule has 0 aliphatic carbocycles. The molecule has 2 rings (SSSR count). The predicted octanol–water partition coefficient (Wildman–Crippen LogP) is 3.56. The first-order valence-corrected chi connectivity index (χ1v) is 6.95. The third kappa shape index (κ3) is 2.77. The molecule has 0 spiro atoms. The number of aryl methyl sites for hydroxylation is 1. The number of methoxy groups -OCH3 is 1. The average Bonchev–Trinajstić information content (AvgIpc) is 2.42. The van der Waals surface area contributed by atoms with Crippen LogP contribution in [0.5, 0.6) is 5.75 Å². The van der Waals surface area contributed by atoms with Crippen LogP contribution in [-0.2, 0) is 0 Å². The summed E-state index contributed by atoms with van der Waals surface area (Å²) in [5.74, 6) is -0.576. The van der Waals surface area contributed by atoms with E-state index in [2.05, 4.69) is 22.6 Å². The highest BCUT2D eigenvalue weighted by Gasteiger charge is 2.20. The molecule has 20 heavy (non-hydrogen) atoms. The van der Waals surface area contributed by atoms with Crippen molar-refractivity contribution in [3.63, 3.8) is 0 Å². The van der Waals surface area contributed by atoms with Crippen molar-refractivity contribution in [1.82, 2.24) is 0 Å². The van der Waals surface area contributed by atoms with Crippen LogP contribution in [0.2, 0.25) is 0 Å². The fraction of sp³-hybridized carbons (Fsp3) is 0.133. The van der Waals surface area contributed by atoms with E-state index in [9.17, 15) is 9.18 Å². The van der Waals surface area contributed by atoms with Crippen molar-refractivity contribution in [1.29, 1.82) is 0 Å². The van der Waals surface area contributed by atoms with Crippen LogP contribution in [0.4, 0.5) is 10.1 Å². The lowest BCUT2D eigenvalue weighted by Crippen LogP contribution is -2.09. The maximum Gasteiger partial charge on any atom is 0.199 e. The lowest BCUT2D eigenvalue weighted by molar-refractivity contribution is 0.103. The Bertz CT molecular complexity index is 686. The van der Waals surface area contributed by atoms with Gasteiger partial charge in [-0.2, -0.15) is 0 Å². The molecule has 0 atom stereocenters. The van der Waals surface area contributed by atoms with Crippen molar-refractivity contribution in [2.45, 2.75) is 6.92 Å². The number of carbonyl (C=O) groups is 1. The Morgan fingerprint density at radius 1 is 1.25 bits per heavy atom. The van der Waals surface area contributed by atoms with Crippen molar-refractivity contribution in [2.24, 2.45) is 0 Å². The van der Waals surface area contributed by atoms with Gasteiger partial charge in [-0.25, -0.2) is 4.39 Å². The fourth-order valence-corrected chi connectivity index (χ4v) is 2.46. The van der Waals surface area contributed by atoms with Crippen molar-refractivity contribution in [2.75, 3.05) is 12.8 Å². The Labute approximate surface area is 130 Å². The minimum absolute atomic E-state index is 0.0391. The molecule has 0 bridgehead atoms.